The van der Waals surface area contributed by atoms with Crippen molar-refractivity contribution >= 4 is 45.4 Å². The Morgan fingerprint density at radius 1 is 1.16 bits per heavy atom. The zero-order valence-corrected chi connectivity index (χ0v) is 19.0. The van der Waals surface area contributed by atoms with Gasteiger partial charge in [0.25, 0.3) is 5.91 Å². The molecule has 32 heavy (non-hydrogen) atoms. The first kappa shape index (κ1) is 21.9. The lowest BCUT2D eigenvalue weighted by Crippen LogP contribution is -2.17. The highest BCUT2D eigenvalue weighted by Crippen LogP contribution is 2.31. The molecule has 0 saturated heterocycles. The van der Waals surface area contributed by atoms with Crippen LogP contribution in [0.25, 0.3) is 10.2 Å². The van der Waals surface area contributed by atoms with E-state index >= 15 is 0 Å². The number of thiazole rings is 1. The molecule has 6 nitrogen and oxygen atoms in total. The maximum absolute atomic E-state index is 12.4. The van der Waals surface area contributed by atoms with Gasteiger partial charge in [0, 0.05) is 16.9 Å². The highest BCUT2D eigenvalue weighted by molar-refractivity contribution is 8.00. The van der Waals surface area contributed by atoms with Gasteiger partial charge in [-0.15, -0.1) is 11.3 Å². The zero-order valence-electron chi connectivity index (χ0n) is 17.3. The van der Waals surface area contributed by atoms with E-state index in [1.807, 2.05) is 37.3 Å². The molecule has 4 rings (SSSR count). The van der Waals surface area contributed by atoms with Crippen molar-refractivity contribution in [1.29, 1.82) is 0 Å². The monoisotopic (exact) mass is 463 g/mol. The number of nitrogens with one attached hydrogen (secondary N) is 1. The van der Waals surface area contributed by atoms with Gasteiger partial charge in [-0.3, -0.25) is 4.79 Å². The number of phenols is 1. The highest BCUT2D eigenvalue weighted by atomic mass is 32.2. The number of aromatic nitrogens is 1. The standard InChI is InChI=1S/C24H21N3O3S2/c1-2-30-20-8-5-6-18(22(20)28)14-25-27-23(29)17-12-10-16(11-13-17)15-31-24-26-19-7-3-4-9-21(19)32-24/h3-14,28H,2,15H2,1H3,(H,27,29). The third kappa shape index (κ3) is 5.27. The van der Waals surface area contributed by atoms with Crippen LogP contribution in [0.4, 0.5) is 0 Å². The first-order valence-electron chi connectivity index (χ1n) is 9.99. The second-order valence-corrected chi connectivity index (χ2v) is 9.01. The van der Waals surface area contributed by atoms with Crippen LogP contribution >= 0.6 is 23.1 Å². The normalized spacial score (nSPS) is 11.2. The van der Waals surface area contributed by atoms with E-state index in [4.69, 9.17) is 4.74 Å². The van der Waals surface area contributed by atoms with Crippen molar-refractivity contribution in [2.45, 2.75) is 17.0 Å². The van der Waals surface area contributed by atoms with Crippen LogP contribution in [0.1, 0.15) is 28.4 Å². The molecule has 0 aliphatic rings. The van der Waals surface area contributed by atoms with Crippen molar-refractivity contribution in [3.05, 3.63) is 83.4 Å². The summed E-state index contributed by atoms with van der Waals surface area (Å²) >= 11 is 3.36. The molecule has 3 aromatic carbocycles. The fraction of sp³-hybridized carbons (Fsp3) is 0.125. The lowest BCUT2D eigenvalue weighted by molar-refractivity contribution is 0.0955. The minimum absolute atomic E-state index is 0.0117. The molecule has 4 aromatic rings. The number of amides is 1. The number of carbonyl (C=O) groups is 1. The minimum atomic E-state index is -0.327. The average molecular weight is 464 g/mol. The molecule has 0 unspecified atom stereocenters. The summed E-state index contributed by atoms with van der Waals surface area (Å²) in [5.41, 5.74) is 5.57. The summed E-state index contributed by atoms with van der Waals surface area (Å²) in [5.74, 6) is 0.812. The fourth-order valence-electron chi connectivity index (χ4n) is 2.95. The number of ether oxygens (including phenoxy) is 1. The van der Waals surface area contributed by atoms with E-state index in [1.54, 1.807) is 53.4 Å². The number of fused-ring (bicyclic) bond motifs is 1. The number of benzene rings is 3. The molecule has 0 saturated carbocycles. The molecular weight excluding hydrogens is 442 g/mol. The molecule has 1 amide bonds. The van der Waals surface area contributed by atoms with Crippen molar-refractivity contribution in [2.75, 3.05) is 6.61 Å². The molecule has 0 atom stereocenters. The number of phenolic OH excluding ortho intramolecular Hbond substituents is 1. The van der Waals surface area contributed by atoms with Crippen molar-refractivity contribution in [3.8, 4) is 11.5 Å². The summed E-state index contributed by atoms with van der Waals surface area (Å²) in [5, 5.41) is 14.1. The maximum atomic E-state index is 12.4. The van der Waals surface area contributed by atoms with E-state index in [9.17, 15) is 9.90 Å². The first-order valence-corrected chi connectivity index (χ1v) is 11.8. The second-order valence-electron chi connectivity index (χ2n) is 6.76. The first-order chi connectivity index (χ1) is 15.6. The summed E-state index contributed by atoms with van der Waals surface area (Å²) < 4.78 is 7.55. The van der Waals surface area contributed by atoms with Gasteiger partial charge in [-0.05, 0) is 48.9 Å². The Labute approximate surface area is 194 Å². The van der Waals surface area contributed by atoms with Gasteiger partial charge in [0.2, 0.25) is 0 Å². The van der Waals surface area contributed by atoms with Crippen LogP contribution in [0.15, 0.2) is 76.2 Å². The predicted octanol–water partition coefficient (Wildman–Crippen LogP) is 5.46. The van der Waals surface area contributed by atoms with E-state index < -0.39 is 0 Å². The number of carbonyl (C=O) groups excluding carboxylic acids is 1. The van der Waals surface area contributed by atoms with Crippen LogP contribution < -0.4 is 10.2 Å². The van der Waals surface area contributed by atoms with Crippen molar-refractivity contribution in [3.63, 3.8) is 0 Å². The summed E-state index contributed by atoms with van der Waals surface area (Å²) in [7, 11) is 0. The number of nitrogens with zero attached hydrogens (tertiary/aromatic N) is 2. The molecule has 1 heterocycles. The van der Waals surface area contributed by atoms with E-state index in [1.165, 1.54) is 10.9 Å². The molecule has 0 aliphatic carbocycles. The Morgan fingerprint density at radius 2 is 1.97 bits per heavy atom. The van der Waals surface area contributed by atoms with E-state index in [-0.39, 0.29) is 11.7 Å². The second kappa shape index (κ2) is 10.3. The van der Waals surface area contributed by atoms with Gasteiger partial charge in [-0.25, -0.2) is 10.4 Å². The number of hydrazone groups is 1. The lowest BCUT2D eigenvalue weighted by Gasteiger charge is -2.07. The molecule has 0 spiro atoms. The Hall–Kier alpha value is -3.36. The smallest absolute Gasteiger partial charge is 0.271 e. The molecule has 0 aliphatic heterocycles. The van der Waals surface area contributed by atoms with Crippen LogP contribution in [0.5, 0.6) is 11.5 Å². The Morgan fingerprint density at radius 3 is 2.75 bits per heavy atom. The topological polar surface area (TPSA) is 83.8 Å². The number of thioether (sulfide) groups is 1. The van der Waals surface area contributed by atoms with E-state index in [0.717, 1.165) is 21.2 Å². The number of para-hydroxylation sites is 2. The highest BCUT2D eigenvalue weighted by Gasteiger charge is 2.08. The number of hydrogen-bond donors (Lipinski definition) is 2. The minimum Gasteiger partial charge on any atom is -0.504 e. The quantitative estimate of drug-likeness (QED) is 0.206. The largest absolute Gasteiger partial charge is 0.504 e. The van der Waals surface area contributed by atoms with E-state index in [0.29, 0.717) is 23.5 Å². The van der Waals surface area contributed by atoms with Crippen molar-refractivity contribution < 1.29 is 14.6 Å². The molecule has 0 fully saturated rings. The van der Waals surface area contributed by atoms with Crippen molar-refractivity contribution in [2.24, 2.45) is 5.10 Å². The van der Waals surface area contributed by atoms with Crippen LogP contribution in [-0.2, 0) is 5.75 Å². The van der Waals surface area contributed by atoms with Crippen LogP contribution in [0.2, 0.25) is 0 Å². The zero-order chi connectivity index (χ0) is 22.3. The van der Waals surface area contributed by atoms with Gasteiger partial charge in [0.15, 0.2) is 15.8 Å². The Bertz CT molecular complexity index is 1220. The molecule has 0 bridgehead atoms. The average Bonchev–Trinajstić information content (AvgIpc) is 3.23. The van der Waals surface area contributed by atoms with Crippen molar-refractivity contribution in [1.82, 2.24) is 10.4 Å². The lowest BCUT2D eigenvalue weighted by atomic mass is 10.1. The fourth-order valence-corrected chi connectivity index (χ4v) is 4.97. The third-order valence-electron chi connectivity index (χ3n) is 4.55. The molecule has 162 valence electrons. The summed E-state index contributed by atoms with van der Waals surface area (Å²) in [6.07, 6.45) is 1.39. The molecule has 0 radical (unpaired) electrons. The third-order valence-corrected chi connectivity index (χ3v) is 6.80. The number of rotatable bonds is 8. The Kier molecular flexibility index (Phi) is 7.03. The molecule has 2 N–H and O–H groups in total. The van der Waals surface area contributed by atoms with Gasteiger partial charge < -0.3 is 9.84 Å². The summed E-state index contributed by atoms with van der Waals surface area (Å²) in [6.45, 7) is 2.28. The van der Waals surface area contributed by atoms with Gasteiger partial charge in [-0.2, -0.15) is 5.10 Å². The summed E-state index contributed by atoms with van der Waals surface area (Å²) in [4.78, 5) is 17.0. The molecule has 1 aromatic heterocycles. The van der Waals surface area contributed by atoms with Crippen LogP contribution in [0, 0.1) is 0 Å². The molecular formula is C24H21N3O3S2. The number of hydrogen-bond acceptors (Lipinski definition) is 7. The maximum Gasteiger partial charge on any atom is 0.271 e. The van der Waals surface area contributed by atoms with Crippen LogP contribution in [-0.4, -0.2) is 28.8 Å². The van der Waals surface area contributed by atoms with Gasteiger partial charge in [0.05, 0.1) is 23.0 Å². The Balaban J connectivity index is 1.33. The van der Waals surface area contributed by atoms with Crippen LogP contribution in [0.3, 0.4) is 0 Å². The van der Waals surface area contributed by atoms with Gasteiger partial charge in [0.1, 0.15) is 0 Å². The predicted molar refractivity (Wildman–Crippen MR) is 130 cm³/mol. The van der Waals surface area contributed by atoms with E-state index in [2.05, 4.69) is 21.6 Å². The van der Waals surface area contributed by atoms with Gasteiger partial charge >= 0.3 is 0 Å². The molecule has 8 heteroatoms. The summed E-state index contributed by atoms with van der Waals surface area (Å²) in [6, 6.07) is 20.6. The van der Waals surface area contributed by atoms with Gasteiger partial charge in [-0.1, -0.05) is 42.1 Å². The number of aromatic hydroxyl groups is 1. The SMILES string of the molecule is CCOc1cccc(C=NNC(=O)c2ccc(CSc3nc4ccccc4s3)cc2)c1O.